The second-order valence-corrected chi connectivity index (χ2v) is 6.72. The third-order valence-corrected chi connectivity index (χ3v) is 4.76. The third-order valence-electron chi connectivity index (χ3n) is 4.76. The van der Waals surface area contributed by atoms with Crippen LogP contribution in [-0.2, 0) is 11.0 Å². The first kappa shape index (κ1) is 21.1. The van der Waals surface area contributed by atoms with Crippen molar-refractivity contribution in [1.82, 2.24) is 5.32 Å². The van der Waals surface area contributed by atoms with Crippen LogP contribution in [0.3, 0.4) is 0 Å². The number of nitrogens with one attached hydrogen (secondary N) is 2. The van der Waals surface area contributed by atoms with Crippen molar-refractivity contribution in [2.45, 2.75) is 25.1 Å². The maximum absolute atomic E-state index is 13.0. The van der Waals surface area contributed by atoms with E-state index in [1.165, 1.54) is 12.1 Å². The van der Waals surface area contributed by atoms with E-state index in [4.69, 9.17) is 10.5 Å². The number of carbonyl (C=O) groups excluding carboxylic acids is 1. The number of Topliss-reactive ketones (excluding diaryl/α,β-unsaturated/α-hetero) is 1. The normalized spacial score (nSPS) is 14.9. The van der Waals surface area contributed by atoms with Gasteiger partial charge in [0.15, 0.2) is 5.78 Å². The van der Waals surface area contributed by atoms with Crippen molar-refractivity contribution in [2.24, 2.45) is 0 Å². The lowest BCUT2D eigenvalue weighted by Gasteiger charge is -2.21. The lowest BCUT2D eigenvalue weighted by Crippen LogP contribution is -2.27. The fourth-order valence-corrected chi connectivity index (χ4v) is 3.37. The summed E-state index contributed by atoms with van der Waals surface area (Å²) in [6.07, 6.45) is -3.90. The Hall–Kier alpha value is -3.62. The summed E-state index contributed by atoms with van der Waals surface area (Å²) in [5, 5.41) is 23.9. The summed E-state index contributed by atoms with van der Waals surface area (Å²) in [5.74, 6) is -0.149. The highest BCUT2D eigenvalue weighted by molar-refractivity contribution is 6.00. The van der Waals surface area contributed by atoms with Crippen LogP contribution in [0.25, 0.3) is 0 Å². The first-order valence-corrected chi connectivity index (χ1v) is 9.14. The average molecular weight is 410 g/mol. The Morgan fingerprint density at radius 3 is 2.43 bits per heavy atom. The van der Waals surface area contributed by atoms with Crippen LogP contribution < -0.4 is 10.6 Å². The monoisotopic (exact) mass is 410 g/mol. The molecule has 0 aromatic heterocycles. The van der Waals surface area contributed by atoms with Crippen LogP contribution in [0.5, 0.6) is 0 Å². The van der Waals surface area contributed by atoms with Crippen molar-refractivity contribution >= 4 is 11.5 Å². The van der Waals surface area contributed by atoms with Gasteiger partial charge in [0.25, 0.3) is 0 Å². The maximum atomic E-state index is 13.0. The van der Waals surface area contributed by atoms with Crippen molar-refractivity contribution in [3.05, 3.63) is 76.5 Å². The zero-order chi connectivity index (χ0) is 21.7. The Kier molecular flexibility index (Phi) is 6.20. The molecule has 1 atom stereocenters. The molecule has 0 heterocycles. The standard InChI is InChI=1S/C22H17F3N4O/c23-22(24,25)16-2-1-3-17(12-16)29-18-8-9-19(30)20(18)21(28-11-10-26)15-6-4-14(13-27)5-7-15/h1-7,12,21,28-29H,8-9,11H2. The van der Waals surface area contributed by atoms with Crippen molar-refractivity contribution in [3.8, 4) is 12.1 Å². The molecule has 0 saturated carbocycles. The van der Waals surface area contributed by atoms with E-state index in [0.29, 0.717) is 28.8 Å². The van der Waals surface area contributed by atoms with Crippen LogP contribution in [0, 0.1) is 22.7 Å². The number of hydrogen-bond donors (Lipinski definition) is 2. The van der Waals surface area contributed by atoms with Gasteiger partial charge in [0.05, 0.1) is 35.9 Å². The molecule has 152 valence electrons. The first-order chi connectivity index (χ1) is 14.3. The molecule has 0 amide bonds. The van der Waals surface area contributed by atoms with E-state index >= 15 is 0 Å². The van der Waals surface area contributed by atoms with Gasteiger partial charge in [0.1, 0.15) is 0 Å². The Morgan fingerprint density at radius 2 is 1.80 bits per heavy atom. The van der Waals surface area contributed by atoms with Crippen LogP contribution in [0.15, 0.2) is 59.8 Å². The number of anilines is 1. The summed E-state index contributed by atoms with van der Waals surface area (Å²) in [4.78, 5) is 12.6. The minimum Gasteiger partial charge on any atom is -0.358 e. The summed E-state index contributed by atoms with van der Waals surface area (Å²) in [5.41, 5.74) is 1.47. The third kappa shape index (κ3) is 4.68. The molecule has 30 heavy (non-hydrogen) atoms. The molecule has 3 rings (SSSR count). The van der Waals surface area contributed by atoms with Crippen molar-refractivity contribution < 1.29 is 18.0 Å². The van der Waals surface area contributed by atoms with Gasteiger partial charge in [-0.05, 0) is 42.3 Å². The SMILES string of the molecule is N#CCNC(C1=C(Nc2cccc(C(F)(F)F)c2)CCC1=O)c1ccc(C#N)cc1. The van der Waals surface area contributed by atoms with Crippen LogP contribution in [0.4, 0.5) is 18.9 Å². The summed E-state index contributed by atoms with van der Waals surface area (Å²) in [6.45, 7) is -0.0295. The van der Waals surface area contributed by atoms with Gasteiger partial charge in [-0.1, -0.05) is 18.2 Å². The number of nitrogens with zero attached hydrogens (tertiary/aromatic N) is 2. The molecule has 0 bridgehead atoms. The van der Waals surface area contributed by atoms with Crippen LogP contribution in [0.1, 0.15) is 35.6 Å². The van der Waals surface area contributed by atoms with Crippen LogP contribution in [-0.4, -0.2) is 12.3 Å². The van der Waals surface area contributed by atoms with E-state index in [-0.39, 0.29) is 24.4 Å². The molecule has 8 heteroatoms. The zero-order valence-corrected chi connectivity index (χ0v) is 15.8. The number of ketones is 1. The molecule has 0 saturated heterocycles. The topological polar surface area (TPSA) is 88.7 Å². The van der Waals surface area contributed by atoms with Crippen molar-refractivity contribution in [1.29, 1.82) is 10.5 Å². The lowest BCUT2D eigenvalue weighted by molar-refractivity contribution is -0.137. The Morgan fingerprint density at radius 1 is 1.07 bits per heavy atom. The van der Waals surface area contributed by atoms with Gasteiger partial charge in [0.2, 0.25) is 0 Å². The molecule has 0 radical (unpaired) electrons. The smallest absolute Gasteiger partial charge is 0.358 e. The van der Waals surface area contributed by atoms with E-state index in [1.54, 1.807) is 24.3 Å². The lowest BCUT2D eigenvalue weighted by atomic mass is 9.95. The van der Waals surface area contributed by atoms with E-state index in [0.717, 1.165) is 12.1 Å². The number of nitriles is 2. The molecule has 1 aliphatic rings. The molecule has 5 nitrogen and oxygen atoms in total. The number of alkyl halides is 3. The molecule has 2 N–H and O–H groups in total. The van der Waals surface area contributed by atoms with Crippen molar-refractivity contribution in [3.63, 3.8) is 0 Å². The number of halogens is 3. The van der Waals surface area contributed by atoms with E-state index in [1.807, 2.05) is 12.1 Å². The highest BCUT2D eigenvalue weighted by Crippen LogP contribution is 2.35. The van der Waals surface area contributed by atoms with E-state index < -0.39 is 17.8 Å². The predicted octanol–water partition coefficient (Wildman–Crippen LogP) is 4.46. The second kappa shape index (κ2) is 8.81. The zero-order valence-electron chi connectivity index (χ0n) is 15.8. The summed E-state index contributed by atoms with van der Waals surface area (Å²) in [6, 6.07) is 14.7. The molecule has 0 aliphatic heterocycles. The maximum Gasteiger partial charge on any atom is 0.416 e. The van der Waals surface area contributed by atoms with Gasteiger partial charge < -0.3 is 5.32 Å². The molecule has 2 aromatic rings. The minimum absolute atomic E-state index is 0.0295. The fourth-order valence-electron chi connectivity index (χ4n) is 3.37. The summed E-state index contributed by atoms with van der Waals surface area (Å²) >= 11 is 0. The second-order valence-electron chi connectivity index (χ2n) is 6.72. The Labute approximate surface area is 171 Å². The molecule has 2 aromatic carbocycles. The minimum atomic E-state index is -4.47. The van der Waals surface area contributed by atoms with Gasteiger partial charge >= 0.3 is 6.18 Å². The van der Waals surface area contributed by atoms with Gasteiger partial charge in [-0.3, -0.25) is 10.1 Å². The summed E-state index contributed by atoms with van der Waals surface area (Å²) < 4.78 is 39.0. The number of carbonyl (C=O) groups is 1. The van der Waals surface area contributed by atoms with Gasteiger partial charge in [-0.15, -0.1) is 0 Å². The fraction of sp³-hybridized carbons (Fsp3) is 0.227. The average Bonchev–Trinajstić information content (AvgIpc) is 3.08. The van der Waals surface area contributed by atoms with E-state index in [2.05, 4.69) is 10.6 Å². The molecule has 1 unspecified atom stereocenters. The largest absolute Gasteiger partial charge is 0.416 e. The highest BCUT2D eigenvalue weighted by Gasteiger charge is 2.32. The number of benzene rings is 2. The van der Waals surface area contributed by atoms with Crippen LogP contribution in [0.2, 0.25) is 0 Å². The molecule has 1 aliphatic carbocycles. The number of rotatable bonds is 6. The number of hydrogen-bond acceptors (Lipinski definition) is 5. The number of allylic oxidation sites excluding steroid dienone is 1. The molecule has 0 fully saturated rings. The van der Waals surface area contributed by atoms with Crippen LogP contribution >= 0.6 is 0 Å². The Bertz CT molecular complexity index is 1060. The van der Waals surface area contributed by atoms with Gasteiger partial charge in [-0.25, -0.2) is 0 Å². The Balaban J connectivity index is 1.99. The van der Waals surface area contributed by atoms with Gasteiger partial charge in [-0.2, -0.15) is 23.7 Å². The predicted molar refractivity (Wildman–Crippen MR) is 104 cm³/mol. The molecular formula is C22H17F3N4O. The molecular weight excluding hydrogens is 393 g/mol. The van der Waals surface area contributed by atoms with E-state index in [9.17, 15) is 18.0 Å². The summed E-state index contributed by atoms with van der Waals surface area (Å²) in [7, 11) is 0. The first-order valence-electron chi connectivity index (χ1n) is 9.14. The highest BCUT2D eigenvalue weighted by atomic mass is 19.4. The molecule has 0 spiro atoms. The van der Waals surface area contributed by atoms with Gasteiger partial charge in [0, 0.05) is 23.4 Å². The van der Waals surface area contributed by atoms with Crippen molar-refractivity contribution in [2.75, 3.05) is 11.9 Å². The quantitative estimate of drug-likeness (QED) is 0.687.